The second kappa shape index (κ2) is 10.8. The van der Waals surface area contributed by atoms with Gasteiger partial charge in [-0.15, -0.1) is 0 Å². The number of alkyl carbamates (subject to hydrolysis) is 1. The molecule has 2 aromatic carbocycles. The fourth-order valence-electron chi connectivity index (χ4n) is 4.23. The molecule has 5 aromatic rings. The number of nitrogens with one attached hydrogen (secondary N) is 1. The fraction of sp³-hybridized carbons (Fsp3) is 0.296. The first-order valence-electron chi connectivity index (χ1n) is 12.5. The maximum absolute atomic E-state index is 13.3. The number of imidazole rings is 2. The van der Waals surface area contributed by atoms with Crippen molar-refractivity contribution < 1.29 is 13.9 Å². The number of nitrogens with two attached hydrogens (primary N) is 1. The van der Waals surface area contributed by atoms with Crippen LogP contribution < -0.4 is 11.1 Å². The van der Waals surface area contributed by atoms with Gasteiger partial charge in [0.05, 0.1) is 30.3 Å². The summed E-state index contributed by atoms with van der Waals surface area (Å²) < 4.78 is 22.6. The Morgan fingerprint density at radius 2 is 1.89 bits per heavy atom. The van der Waals surface area contributed by atoms with E-state index in [4.69, 9.17) is 10.5 Å². The van der Waals surface area contributed by atoms with Crippen molar-refractivity contribution in [3.05, 3.63) is 66.5 Å². The van der Waals surface area contributed by atoms with Crippen LogP contribution in [0, 0.1) is 5.82 Å². The van der Waals surface area contributed by atoms with Crippen LogP contribution in [0.5, 0.6) is 0 Å². The molecule has 0 saturated carbocycles. The molecule has 3 heterocycles. The molecule has 0 radical (unpaired) electrons. The van der Waals surface area contributed by atoms with E-state index in [1.807, 2.05) is 29.1 Å². The number of ether oxygens (including phenoxy) is 1. The number of hydrogen-bond acceptors (Lipinski definition) is 7. The highest BCUT2D eigenvalue weighted by Gasteiger charge is 2.13. The van der Waals surface area contributed by atoms with Crippen molar-refractivity contribution in [2.24, 2.45) is 0 Å². The van der Waals surface area contributed by atoms with Gasteiger partial charge in [0.25, 0.3) is 0 Å². The SMILES string of the molecule is CC(C)n1cnc2ccc(CNC(=O)OCCCCn3cnc4c(N)nc(-c5ccc(F)cc5)nc43)cc21. The van der Waals surface area contributed by atoms with E-state index in [0.717, 1.165) is 23.0 Å². The number of nitrogens with zero attached hydrogens (tertiary/aromatic N) is 6. The lowest BCUT2D eigenvalue weighted by Crippen LogP contribution is -2.24. The molecule has 0 atom stereocenters. The lowest BCUT2D eigenvalue weighted by Gasteiger charge is -2.10. The molecule has 0 bridgehead atoms. The van der Waals surface area contributed by atoms with Gasteiger partial charge in [-0.05, 0) is 68.7 Å². The molecule has 196 valence electrons. The quantitative estimate of drug-likeness (QED) is 0.268. The first-order chi connectivity index (χ1) is 18.4. The van der Waals surface area contributed by atoms with E-state index in [1.165, 1.54) is 12.1 Å². The minimum absolute atomic E-state index is 0.265. The predicted octanol–water partition coefficient (Wildman–Crippen LogP) is 4.85. The normalized spacial score (nSPS) is 11.5. The van der Waals surface area contributed by atoms with E-state index in [9.17, 15) is 9.18 Å². The highest BCUT2D eigenvalue weighted by atomic mass is 19.1. The van der Waals surface area contributed by atoms with Gasteiger partial charge in [0.2, 0.25) is 0 Å². The van der Waals surface area contributed by atoms with Crippen molar-refractivity contribution in [1.29, 1.82) is 0 Å². The van der Waals surface area contributed by atoms with Gasteiger partial charge < -0.3 is 24.9 Å². The number of carbonyl (C=O) groups is 1. The van der Waals surface area contributed by atoms with Gasteiger partial charge in [-0.2, -0.15) is 0 Å². The van der Waals surface area contributed by atoms with Crippen LogP contribution in [-0.2, 0) is 17.8 Å². The molecule has 1 amide bonds. The Kier molecular flexibility index (Phi) is 7.16. The van der Waals surface area contributed by atoms with Crippen LogP contribution in [0.4, 0.5) is 15.0 Å². The van der Waals surface area contributed by atoms with Crippen LogP contribution in [0.2, 0.25) is 0 Å². The highest BCUT2D eigenvalue weighted by Crippen LogP contribution is 2.23. The molecule has 10 nitrogen and oxygen atoms in total. The topological polar surface area (TPSA) is 126 Å². The number of anilines is 1. The van der Waals surface area contributed by atoms with E-state index in [2.05, 4.69) is 43.7 Å². The number of carbonyl (C=O) groups excluding carboxylic acids is 1. The van der Waals surface area contributed by atoms with Crippen molar-refractivity contribution in [3.8, 4) is 11.4 Å². The minimum Gasteiger partial charge on any atom is -0.450 e. The van der Waals surface area contributed by atoms with E-state index in [1.54, 1.807) is 18.5 Å². The third kappa shape index (κ3) is 5.41. The van der Waals surface area contributed by atoms with Crippen LogP contribution in [-0.4, -0.2) is 41.8 Å². The Balaban J connectivity index is 1.11. The summed E-state index contributed by atoms with van der Waals surface area (Å²) in [5.41, 5.74) is 10.8. The summed E-state index contributed by atoms with van der Waals surface area (Å²) in [7, 11) is 0. The third-order valence-electron chi connectivity index (χ3n) is 6.25. The number of aryl methyl sites for hydroxylation is 1. The van der Waals surface area contributed by atoms with Gasteiger partial charge >= 0.3 is 6.09 Å². The fourth-order valence-corrected chi connectivity index (χ4v) is 4.23. The smallest absolute Gasteiger partial charge is 0.407 e. The molecule has 11 heteroatoms. The summed E-state index contributed by atoms with van der Waals surface area (Å²) in [6.07, 6.45) is 4.45. The molecular formula is C27H29FN8O2. The Bertz CT molecular complexity index is 1580. The van der Waals surface area contributed by atoms with Crippen molar-refractivity contribution in [2.45, 2.75) is 45.8 Å². The number of unbranched alkanes of at least 4 members (excludes halogenated alkanes) is 1. The summed E-state index contributed by atoms with van der Waals surface area (Å²) in [4.78, 5) is 29.8. The predicted molar refractivity (Wildman–Crippen MR) is 143 cm³/mol. The second-order valence-electron chi connectivity index (χ2n) is 9.31. The van der Waals surface area contributed by atoms with Gasteiger partial charge in [-0.3, -0.25) is 0 Å². The Morgan fingerprint density at radius 1 is 1.08 bits per heavy atom. The maximum atomic E-state index is 13.3. The number of halogens is 1. The van der Waals surface area contributed by atoms with Crippen LogP contribution in [0.15, 0.2) is 55.1 Å². The zero-order valence-corrected chi connectivity index (χ0v) is 21.3. The molecule has 0 aliphatic heterocycles. The number of amides is 1. The van der Waals surface area contributed by atoms with Crippen LogP contribution in [0.1, 0.15) is 38.3 Å². The molecular weight excluding hydrogens is 487 g/mol. The van der Waals surface area contributed by atoms with Gasteiger partial charge in [-0.1, -0.05) is 6.07 Å². The van der Waals surface area contributed by atoms with E-state index in [0.29, 0.717) is 48.1 Å². The highest BCUT2D eigenvalue weighted by molar-refractivity contribution is 5.83. The molecule has 0 fully saturated rings. The van der Waals surface area contributed by atoms with Gasteiger partial charge in [0, 0.05) is 24.7 Å². The zero-order valence-electron chi connectivity index (χ0n) is 21.3. The molecule has 3 N–H and O–H groups in total. The minimum atomic E-state index is -0.458. The lowest BCUT2D eigenvalue weighted by molar-refractivity contribution is 0.143. The molecule has 38 heavy (non-hydrogen) atoms. The Morgan fingerprint density at radius 3 is 2.68 bits per heavy atom. The van der Waals surface area contributed by atoms with E-state index < -0.39 is 6.09 Å². The molecule has 0 saturated heterocycles. The number of nitrogen functional groups attached to an aromatic ring is 1. The van der Waals surface area contributed by atoms with Crippen LogP contribution >= 0.6 is 0 Å². The number of hydrogen-bond donors (Lipinski definition) is 2. The molecule has 0 spiro atoms. The van der Waals surface area contributed by atoms with Crippen molar-refractivity contribution in [3.63, 3.8) is 0 Å². The zero-order chi connectivity index (χ0) is 26.6. The summed E-state index contributed by atoms with van der Waals surface area (Å²) in [5.74, 6) is 0.338. The maximum Gasteiger partial charge on any atom is 0.407 e. The Hall–Kier alpha value is -4.54. The lowest BCUT2D eigenvalue weighted by atomic mass is 10.2. The molecule has 5 rings (SSSR count). The first kappa shape index (κ1) is 25.1. The summed E-state index contributed by atoms with van der Waals surface area (Å²) in [6, 6.07) is 12.2. The standard InChI is InChI=1S/C27H29FN8O2/c1-17(2)36-16-31-21-10-5-18(13-22(21)36)14-30-27(37)38-12-4-3-11-35-15-32-23-24(29)33-25(34-26(23)35)19-6-8-20(28)9-7-19/h5-10,13,15-17H,3-4,11-12,14H2,1-2H3,(H,30,37)(H2,29,33,34). The largest absolute Gasteiger partial charge is 0.450 e. The average molecular weight is 517 g/mol. The summed E-state index contributed by atoms with van der Waals surface area (Å²) in [5, 5.41) is 2.80. The van der Waals surface area contributed by atoms with Gasteiger partial charge in [0.1, 0.15) is 11.3 Å². The van der Waals surface area contributed by atoms with Gasteiger partial charge in [-0.25, -0.2) is 29.1 Å². The van der Waals surface area contributed by atoms with Crippen LogP contribution in [0.25, 0.3) is 33.6 Å². The number of benzene rings is 2. The average Bonchev–Trinajstić information content (AvgIpc) is 3.52. The number of aromatic nitrogens is 6. The van der Waals surface area contributed by atoms with Crippen molar-refractivity contribution in [2.75, 3.05) is 12.3 Å². The molecule has 0 aliphatic rings. The first-order valence-corrected chi connectivity index (χ1v) is 12.5. The van der Waals surface area contributed by atoms with Crippen LogP contribution in [0.3, 0.4) is 0 Å². The van der Waals surface area contributed by atoms with Crippen molar-refractivity contribution >= 4 is 34.1 Å². The van der Waals surface area contributed by atoms with Gasteiger partial charge in [0.15, 0.2) is 17.3 Å². The molecule has 0 unspecified atom stereocenters. The Labute approximate surface area is 218 Å². The molecule has 0 aliphatic carbocycles. The second-order valence-corrected chi connectivity index (χ2v) is 9.31. The van der Waals surface area contributed by atoms with E-state index in [-0.39, 0.29) is 18.2 Å². The van der Waals surface area contributed by atoms with E-state index >= 15 is 0 Å². The molecule has 3 aromatic heterocycles. The monoisotopic (exact) mass is 516 g/mol. The summed E-state index contributed by atoms with van der Waals surface area (Å²) in [6.45, 7) is 5.48. The number of fused-ring (bicyclic) bond motifs is 2. The summed E-state index contributed by atoms with van der Waals surface area (Å²) >= 11 is 0. The van der Waals surface area contributed by atoms with Crippen molar-refractivity contribution in [1.82, 2.24) is 34.4 Å². The third-order valence-corrected chi connectivity index (χ3v) is 6.25. The number of rotatable bonds is 9.